The molecule has 1 aliphatic rings. The van der Waals surface area contributed by atoms with Gasteiger partial charge in [-0.2, -0.15) is 5.10 Å². The molecule has 0 bridgehead atoms. The minimum absolute atomic E-state index is 0.520. The number of rotatable bonds is 1. The van der Waals surface area contributed by atoms with E-state index >= 15 is 0 Å². The van der Waals surface area contributed by atoms with Gasteiger partial charge in [0.25, 0.3) is 0 Å². The molecule has 0 fully saturated rings. The Morgan fingerprint density at radius 2 is 2.25 bits per heavy atom. The van der Waals surface area contributed by atoms with E-state index in [9.17, 15) is 0 Å². The third kappa shape index (κ3) is 1.23. The molecule has 0 saturated heterocycles. The molecule has 0 spiro atoms. The largest absolute Gasteiger partial charge is 0.381 e. The standard InChI is InChI=1S/C8H13N3O/c9-5-8-6-1-3-12-4-2-7(6)10-11-8/h1-5,9H2,(H,10,11). The van der Waals surface area contributed by atoms with Crippen molar-refractivity contribution in [3.8, 4) is 0 Å². The quantitative estimate of drug-likeness (QED) is 0.618. The van der Waals surface area contributed by atoms with Crippen molar-refractivity contribution in [2.75, 3.05) is 13.2 Å². The smallest absolute Gasteiger partial charge is 0.0793 e. The topological polar surface area (TPSA) is 63.9 Å². The first-order valence-corrected chi connectivity index (χ1v) is 4.24. The highest BCUT2D eigenvalue weighted by Gasteiger charge is 2.14. The number of aromatic amines is 1. The van der Waals surface area contributed by atoms with Gasteiger partial charge in [0.15, 0.2) is 0 Å². The van der Waals surface area contributed by atoms with Gasteiger partial charge in [0.1, 0.15) is 0 Å². The van der Waals surface area contributed by atoms with E-state index in [1.54, 1.807) is 0 Å². The Morgan fingerprint density at radius 1 is 1.42 bits per heavy atom. The highest BCUT2D eigenvalue weighted by atomic mass is 16.5. The van der Waals surface area contributed by atoms with Gasteiger partial charge in [-0.05, 0) is 12.0 Å². The van der Waals surface area contributed by atoms with Gasteiger partial charge in [-0.25, -0.2) is 0 Å². The van der Waals surface area contributed by atoms with Gasteiger partial charge in [-0.3, -0.25) is 5.10 Å². The number of nitrogens with one attached hydrogen (secondary N) is 1. The second-order valence-electron chi connectivity index (χ2n) is 2.94. The van der Waals surface area contributed by atoms with Crippen LogP contribution in [0.25, 0.3) is 0 Å². The Labute approximate surface area is 71.1 Å². The number of nitrogens with two attached hydrogens (primary N) is 1. The summed E-state index contributed by atoms with van der Waals surface area (Å²) in [6, 6.07) is 0. The molecule has 1 aromatic heterocycles. The average molecular weight is 167 g/mol. The molecule has 2 rings (SSSR count). The van der Waals surface area contributed by atoms with Crippen molar-refractivity contribution < 1.29 is 4.74 Å². The molecule has 1 aliphatic heterocycles. The van der Waals surface area contributed by atoms with Gasteiger partial charge >= 0.3 is 0 Å². The van der Waals surface area contributed by atoms with E-state index in [2.05, 4.69) is 10.2 Å². The fraction of sp³-hybridized carbons (Fsp3) is 0.625. The Kier molecular flexibility index (Phi) is 2.10. The lowest BCUT2D eigenvalue weighted by molar-refractivity contribution is 0.145. The predicted molar refractivity (Wildman–Crippen MR) is 44.7 cm³/mol. The zero-order valence-electron chi connectivity index (χ0n) is 6.97. The minimum atomic E-state index is 0.520. The lowest BCUT2D eigenvalue weighted by Gasteiger charge is -1.97. The molecule has 12 heavy (non-hydrogen) atoms. The van der Waals surface area contributed by atoms with Crippen LogP contribution in [0, 0.1) is 0 Å². The Hall–Kier alpha value is -0.870. The summed E-state index contributed by atoms with van der Waals surface area (Å²) in [6.07, 6.45) is 1.88. The maximum absolute atomic E-state index is 5.55. The second-order valence-corrected chi connectivity index (χ2v) is 2.94. The number of aromatic nitrogens is 2. The average Bonchev–Trinajstić information content (AvgIpc) is 2.33. The van der Waals surface area contributed by atoms with Gasteiger partial charge in [-0.15, -0.1) is 0 Å². The molecular weight excluding hydrogens is 154 g/mol. The van der Waals surface area contributed by atoms with Gasteiger partial charge < -0.3 is 10.5 Å². The molecule has 0 amide bonds. The van der Waals surface area contributed by atoms with Crippen molar-refractivity contribution in [2.45, 2.75) is 19.4 Å². The van der Waals surface area contributed by atoms with Crippen LogP contribution in [-0.2, 0) is 24.1 Å². The molecular formula is C8H13N3O. The monoisotopic (exact) mass is 167 g/mol. The van der Waals surface area contributed by atoms with E-state index in [1.807, 2.05) is 0 Å². The van der Waals surface area contributed by atoms with Gasteiger partial charge in [0.05, 0.1) is 18.9 Å². The van der Waals surface area contributed by atoms with Crippen molar-refractivity contribution in [3.63, 3.8) is 0 Å². The SMILES string of the molecule is NCc1n[nH]c2c1CCOCC2. The lowest BCUT2D eigenvalue weighted by atomic mass is 10.1. The molecule has 0 aromatic carbocycles. The highest BCUT2D eigenvalue weighted by molar-refractivity contribution is 5.26. The molecule has 0 aliphatic carbocycles. The zero-order chi connectivity index (χ0) is 8.39. The van der Waals surface area contributed by atoms with Crippen LogP contribution in [0.3, 0.4) is 0 Å². The number of hydrogen-bond acceptors (Lipinski definition) is 3. The Balaban J connectivity index is 2.32. The molecule has 0 atom stereocenters. The van der Waals surface area contributed by atoms with Crippen LogP contribution in [-0.4, -0.2) is 23.4 Å². The summed E-state index contributed by atoms with van der Waals surface area (Å²) in [6.45, 7) is 2.10. The summed E-state index contributed by atoms with van der Waals surface area (Å²) in [5.74, 6) is 0. The van der Waals surface area contributed by atoms with E-state index in [1.165, 1.54) is 11.3 Å². The van der Waals surface area contributed by atoms with Crippen LogP contribution in [0.5, 0.6) is 0 Å². The molecule has 0 radical (unpaired) electrons. The van der Waals surface area contributed by atoms with Crippen LogP contribution >= 0.6 is 0 Å². The van der Waals surface area contributed by atoms with Crippen molar-refractivity contribution >= 4 is 0 Å². The molecule has 0 unspecified atom stereocenters. The molecule has 3 N–H and O–H groups in total. The predicted octanol–water partition coefficient (Wildman–Crippen LogP) is -0.0164. The maximum Gasteiger partial charge on any atom is 0.0793 e. The number of fused-ring (bicyclic) bond motifs is 1. The first-order valence-electron chi connectivity index (χ1n) is 4.24. The minimum Gasteiger partial charge on any atom is -0.381 e. The third-order valence-electron chi connectivity index (χ3n) is 2.22. The molecule has 66 valence electrons. The summed E-state index contributed by atoms with van der Waals surface area (Å²) in [5.41, 5.74) is 9.02. The number of hydrogen-bond donors (Lipinski definition) is 2. The Bertz CT molecular complexity index is 269. The molecule has 1 aromatic rings. The number of ether oxygens (including phenoxy) is 1. The van der Waals surface area contributed by atoms with Crippen molar-refractivity contribution in [2.24, 2.45) is 5.73 Å². The summed E-state index contributed by atoms with van der Waals surface area (Å²) in [5, 5.41) is 7.16. The second kappa shape index (κ2) is 3.25. The van der Waals surface area contributed by atoms with Crippen LogP contribution in [0.15, 0.2) is 0 Å². The van der Waals surface area contributed by atoms with Crippen molar-refractivity contribution in [1.29, 1.82) is 0 Å². The van der Waals surface area contributed by atoms with E-state index in [0.29, 0.717) is 6.54 Å². The fourth-order valence-electron chi connectivity index (χ4n) is 1.57. The first-order chi connectivity index (χ1) is 5.92. The Morgan fingerprint density at radius 3 is 3.08 bits per heavy atom. The zero-order valence-corrected chi connectivity index (χ0v) is 6.97. The maximum atomic E-state index is 5.55. The summed E-state index contributed by atoms with van der Waals surface area (Å²) in [4.78, 5) is 0. The third-order valence-corrected chi connectivity index (χ3v) is 2.22. The van der Waals surface area contributed by atoms with Crippen LogP contribution in [0.2, 0.25) is 0 Å². The molecule has 0 saturated carbocycles. The lowest BCUT2D eigenvalue weighted by Crippen LogP contribution is -2.02. The van der Waals surface area contributed by atoms with Crippen LogP contribution in [0.1, 0.15) is 17.0 Å². The van der Waals surface area contributed by atoms with Crippen LogP contribution in [0.4, 0.5) is 0 Å². The number of nitrogens with zero attached hydrogens (tertiary/aromatic N) is 1. The van der Waals surface area contributed by atoms with Gasteiger partial charge in [-0.1, -0.05) is 0 Å². The van der Waals surface area contributed by atoms with Gasteiger partial charge in [0, 0.05) is 18.7 Å². The highest BCUT2D eigenvalue weighted by Crippen LogP contribution is 2.15. The van der Waals surface area contributed by atoms with Crippen LogP contribution < -0.4 is 5.73 Å². The van der Waals surface area contributed by atoms with Crippen molar-refractivity contribution in [1.82, 2.24) is 10.2 Å². The number of H-pyrrole nitrogens is 1. The summed E-state index contributed by atoms with van der Waals surface area (Å²) >= 11 is 0. The first kappa shape index (κ1) is 7.76. The van der Waals surface area contributed by atoms with E-state index in [0.717, 1.165) is 31.7 Å². The summed E-state index contributed by atoms with van der Waals surface area (Å²) < 4.78 is 5.35. The molecule has 2 heterocycles. The van der Waals surface area contributed by atoms with E-state index in [4.69, 9.17) is 10.5 Å². The van der Waals surface area contributed by atoms with Crippen molar-refractivity contribution in [3.05, 3.63) is 17.0 Å². The molecule has 4 heteroatoms. The van der Waals surface area contributed by atoms with E-state index < -0.39 is 0 Å². The summed E-state index contributed by atoms with van der Waals surface area (Å²) in [7, 11) is 0. The fourth-order valence-corrected chi connectivity index (χ4v) is 1.57. The molecule has 4 nitrogen and oxygen atoms in total. The van der Waals surface area contributed by atoms with E-state index in [-0.39, 0.29) is 0 Å². The van der Waals surface area contributed by atoms with Gasteiger partial charge in [0.2, 0.25) is 0 Å². The normalized spacial score (nSPS) is 17.1.